The number of amides is 1. The summed E-state index contributed by atoms with van der Waals surface area (Å²) in [7, 11) is 1.66. The van der Waals surface area contributed by atoms with E-state index in [1.54, 1.807) is 7.11 Å². The Hall–Kier alpha value is -0.610. The number of hydrogen-bond donors (Lipinski definition) is 1. The van der Waals surface area contributed by atoms with Crippen molar-refractivity contribution in [3.05, 3.63) is 0 Å². The fraction of sp³-hybridized carbons (Fsp3) is 0.909. The van der Waals surface area contributed by atoms with E-state index in [9.17, 15) is 4.79 Å². The van der Waals surface area contributed by atoms with Crippen LogP contribution in [-0.4, -0.2) is 42.8 Å². The van der Waals surface area contributed by atoms with Gasteiger partial charge < -0.3 is 9.64 Å². The molecule has 1 fully saturated rings. The second-order valence-electron chi connectivity index (χ2n) is 4.61. The summed E-state index contributed by atoms with van der Waals surface area (Å²) in [5.41, 5.74) is 0. The maximum Gasteiger partial charge on any atom is 0.241 e. The van der Waals surface area contributed by atoms with Crippen LogP contribution >= 0.6 is 0 Å². The van der Waals surface area contributed by atoms with Gasteiger partial charge in [0.05, 0.1) is 24.9 Å². The van der Waals surface area contributed by atoms with Crippen LogP contribution in [0.4, 0.5) is 0 Å². The molecule has 0 spiro atoms. The minimum atomic E-state index is -0.0423. The number of carbonyl (C=O) groups excluding carboxylic acids is 1. The standard InChI is InChI=1S/C11H22N2O2/c1-7(2)10-11(14)13(9(4)12-10)8(3)6-15-5/h7-10,12H,6H2,1-5H3. The molecule has 0 aromatic heterocycles. The second-order valence-corrected chi connectivity index (χ2v) is 4.61. The van der Waals surface area contributed by atoms with Gasteiger partial charge in [0.1, 0.15) is 0 Å². The van der Waals surface area contributed by atoms with Crippen molar-refractivity contribution in [3.63, 3.8) is 0 Å². The van der Waals surface area contributed by atoms with Gasteiger partial charge in [-0.25, -0.2) is 0 Å². The van der Waals surface area contributed by atoms with Crippen molar-refractivity contribution in [2.24, 2.45) is 5.92 Å². The molecule has 88 valence electrons. The van der Waals surface area contributed by atoms with Crippen LogP contribution in [-0.2, 0) is 9.53 Å². The van der Waals surface area contributed by atoms with E-state index >= 15 is 0 Å². The summed E-state index contributed by atoms with van der Waals surface area (Å²) in [4.78, 5) is 14.0. The molecule has 1 heterocycles. The smallest absolute Gasteiger partial charge is 0.241 e. The van der Waals surface area contributed by atoms with Crippen molar-refractivity contribution >= 4 is 5.91 Å². The van der Waals surface area contributed by atoms with Crippen molar-refractivity contribution in [1.82, 2.24) is 10.2 Å². The third kappa shape index (κ3) is 2.49. The predicted octanol–water partition coefficient (Wildman–Crippen LogP) is 0.824. The van der Waals surface area contributed by atoms with E-state index in [2.05, 4.69) is 19.2 Å². The van der Waals surface area contributed by atoms with E-state index in [1.807, 2.05) is 18.7 Å². The first-order valence-electron chi connectivity index (χ1n) is 5.56. The molecule has 4 heteroatoms. The van der Waals surface area contributed by atoms with Crippen molar-refractivity contribution < 1.29 is 9.53 Å². The Bertz CT molecular complexity index is 231. The average Bonchev–Trinajstić information content (AvgIpc) is 2.42. The lowest BCUT2D eigenvalue weighted by atomic mass is 10.0. The van der Waals surface area contributed by atoms with Crippen molar-refractivity contribution in [2.45, 2.75) is 45.9 Å². The molecule has 1 amide bonds. The SMILES string of the molecule is COCC(C)N1C(=O)C(C(C)C)NC1C. The van der Waals surface area contributed by atoms with Crippen LogP contribution in [0.15, 0.2) is 0 Å². The normalized spacial score (nSPS) is 28.9. The molecule has 0 aromatic rings. The highest BCUT2D eigenvalue weighted by Crippen LogP contribution is 2.19. The summed E-state index contributed by atoms with van der Waals surface area (Å²) >= 11 is 0. The number of methoxy groups -OCH3 is 1. The molecule has 15 heavy (non-hydrogen) atoms. The molecule has 1 saturated heterocycles. The number of hydrogen-bond acceptors (Lipinski definition) is 3. The first-order chi connectivity index (χ1) is 6.99. The first kappa shape index (κ1) is 12.5. The van der Waals surface area contributed by atoms with Gasteiger partial charge in [0.25, 0.3) is 0 Å². The molecule has 1 aliphatic heterocycles. The third-order valence-electron chi connectivity index (χ3n) is 2.91. The number of nitrogens with one attached hydrogen (secondary N) is 1. The lowest BCUT2D eigenvalue weighted by molar-refractivity contribution is -0.133. The number of nitrogens with zero attached hydrogens (tertiary/aromatic N) is 1. The van der Waals surface area contributed by atoms with E-state index in [1.165, 1.54) is 0 Å². The number of carbonyl (C=O) groups is 1. The minimum absolute atomic E-state index is 0.0423. The van der Waals surface area contributed by atoms with Gasteiger partial charge in [-0.15, -0.1) is 0 Å². The van der Waals surface area contributed by atoms with Gasteiger partial charge in [-0.3, -0.25) is 10.1 Å². The Kier molecular flexibility index (Phi) is 4.11. The molecule has 4 nitrogen and oxygen atoms in total. The lowest BCUT2D eigenvalue weighted by Gasteiger charge is -2.27. The number of rotatable bonds is 4. The molecular formula is C11H22N2O2. The highest BCUT2D eigenvalue weighted by Gasteiger charge is 2.40. The third-order valence-corrected chi connectivity index (χ3v) is 2.91. The largest absolute Gasteiger partial charge is 0.383 e. The summed E-state index contributed by atoms with van der Waals surface area (Å²) in [6.45, 7) is 8.75. The zero-order valence-electron chi connectivity index (χ0n) is 10.3. The lowest BCUT2D eigenvalue weighted by Crippen LogP contribution is -2.43. The summed E-state index contributed by atoms with van der Waals surface area (Å²) in [5.74, 6) is 0.529. The Morgan fingerprint density at radius 3 is 2.47 bits per heavy atom. The van der Waals surface area contributed by atoms with E-state index in [-0.39, 0.29) is 24.2 Å². The molecule has 1 aliphatic rings. The summed E-state index contributed by atoms with van der Waals surface area (Å²) in [6, 6.07) is 0.0908. The Balaban J connectivity index is 2.70. The Morgan fingerprint density at radius 2 is 2.07 bits per heavy atom. The maximum absolute atomic E-state index is 12.1. The average molecular weight is 214 g/mol. The Labute approximate surface area is 92.0 Å². The molecule has 0 aromatic carbocycles. The minimum Gasteiger partial charge on any atom is -0.383 e. The van der Waals surface area contributed by atoms with E-state index < -0.39 is 0 Å². The van der Waals surface area contributed by atoms with Crippen LogP contribution in [0.5, 0.6) is 0 Å². The van der Waals surface area contributed by atoms with Crippen LogP contribution in [0.1, 0.15) is 27.7 Å². The van der Waals surface area contributed by atoms with Crippen LogP contribution in [0.25, 0.3) is 0 Å². The molecule has 3 unspecified atom stereocenters. The zero-order valence-corrected chi connectivity index (χ0v) is 10.3. The molecule has 0 aliphatic carbocycles. The zero-order chi connectivity index (χ0) is 11.6. The fourth-order valence-corrected chi connectivity index (χ4v) is 2.16. The molecule has 0 saturated carbocycles. The summed E-state index contributed by atoms with van der Waals surface area (Å²) < 4.78 is 5.09. The highest BCUT2D eigenvalue weighted by atomic mass is 16.5. The van der Waals surface area contributed by atoms with Gasteiger partial charge in [0, 0.05) is 7.11 Å². The fourth-order valence-electron chi connectivity index (χ4n) is 2.16. The molecule has 1 N–H and O–H groups in total. The van der Waals surface area contributed by atoms with Crippen molar-refractivity contribution in [1.29, 1.82) is 0 Å². The van der Waals surface area contributed by atoms with Crippen LogP contribution < -0.4 is 5.32 Å². The molecular weight excluding hydrogens is 192 g/mol. The van der Waals surface area contributed by atoms with Crippen LogP contribution in [0.2, 0.25) is 0 Å². The predicted molar refractivity (Wildman–Crippen MR) is 59.4 cm³/mol. The van der Waals surface area contributed by atoms with Gasteiger partial charge in [0.15, 0.2) is 0 Å². The van der Waals surface area contributed by atoms with Gasteiger partial charge in [-0.1, -0.05) is 13.8 Å². The van der Waals surface area contributed by atoms with Gasteiger partial charge in [0.2, 0.25) is 5.91 Å². The van der Waals surface area contributed by atoms with E-state index in [0.29, 0.717) is 12.5 Å². The second kappa shape index (κ2) is 4.94. The Morgan fingerprint density at radius 1 is 1.47 bits per heavy atom. The van der Waals surface area contributed by atoms with Crippen molar-refractivity contribution in [3.8, 4) is 0 Å². The quantitative estimate of drug-likeness (QED) is 0.753. The van der Waals surface area contributed by atoms with E-state index in [4.69, 9.17) is 4.74 Å². The van der Waals surface area contributed by atoms with Crippen LogP contribution in [0, 0.1) is 5.92 Å². The molecule has 1 rings (SSSR count). The molecule has 3 atom stereocenters. The highest BCUT2D eigenvalue weighted by molar-refractivity contribution is 5.84. The summed E-state index contributed by atoms with van der Waals surface area (Å²) in [6.07, 6.45) is 0.107. The molecule has 0 radical (unpaired) electrons. The molecule has 0 bridgehead atoms. The van der Waals surface area contributed by atoms with E-state index in [0.717, 1.165) is 0 Å². The van der Waals surface area contributed by atoms with Crippen molar-refractivity contribution in [2.75, 3.05) is 13.7 Å². The monoisotopic (exact) mass is 214 g/mol. The van der Waals surface area contributed by atoms with Crippen LogP contribution in [0.3, 0.4) is 0 Å². The van der Waals surface area contributed by atoms with Gasteiger partial charge in [-0.05, 0) is 19.8 Å². The van der Waals surface area contributed by atoms with Gasteiger partial charge in [-0.2, -0.15) is 0 Å². The first-order valence-corrected chi connectivity index (χ1v) is 5.56. The van der Waals surface area contributed by atoms with Gasteiger partial charge >= 0.3 is 0 Å². The maximum atomic E-state index is 12.1. The topological polar surface area (TPSA) is 41.6 Å². The summed E-state index contributed by atoms with van der Waals surface area (Å²) in [5, 5.41) is 3.31. The number of ether oxygens (including phenoxy) is 1.